The minimum absolute atomic E-state index is 0.0186. The van der Waals surface area contributed by atoms with Gasteiger partial charge in [-0.1, -0.05) is 0 Å². The number of nitrogens with one attached hydrogen (secondary N) is 1. The number of carbonyl (C=O) groups is 3. The average molecular weight is 338 g/mol. The van der Waals surface area contributed by atoms with E-state index in [1.807, 2.05) is 13.8 Å². The first kappa shape index (κ1) is 15.6. The zero-order chi connectivity index (χ0) is 17.7. The molecule has 1 aliphatic carbocycles. The van der Waals surface area contributed by atoms with Crippen LogP contribution in [0.1, 0.15) is 63.8 Å². The summed E-state index contributed by atoms with van der Waals surface area (Å²) in [5.41, 5.74) is 1.02. The summed E-state index contributed by atoms with van der Waals surface area (Å²) in [4.78, 5) is 38.7. The van der Waals surface area contributed by atoms with Gasteiger partial charge in [-0.15, -0.1) is 0 Å². The van der Waals surface area contributed by atoms with E-state index in [9.17, 15) is 14.4 Å². The maximum absolute atomic E-state index is 12.5. The Morgan fingerprint density at radius 2 is 1.88 bits per heavy atom. The van der Waals surface area contributed by atoms with E-state index in [1.165, 1.54) is 11.0 Å². The molecule has 1 saturated carbocycles. The molecular formula is C18H18N4O3. The Labute approximate surface area is 144 Å². The normalized spacial score (nSPS) is 16.5. The Hall–Kier alpha value is -2.96. The van der Waals surface area contributed by atoms with Gasteiger partial charge >= 0.3 is 0 Å². The van der Waals surface area contributed by atoms with Crippen molar-refractivity contribution in [3.63, 3.8) is 0 Å². The van der Waals surface area contributed by atoms with Crippen LogP contribution in [0.3, 0.4) is 0 Å². The van der Waals surface area contributed by atoms with Crippen molar-refractivity contribution in [2.45, 2.75) is 38.8 Å². The van der Waals surface area contributed by atoms with Gasteiger partial charge in [0.1, 0.15) is 5.82 Å². The predicted octanol–water partition coefficient (Wildman–Crippen LogP) is 2.47. The Bertz CT molecular complexity index is 895. The Morgan fingerprint density at radius 3 is 2.56 bits per heavy atom. The van der Waals surface area contributed by atoms with Crippen LogP contribution in [0, 0.1) is 0 Å². The summed E-state index contributed by atoms with van der Waals surface area (Å²) in [6.07, 6.45) is 3.34. The molecule has 0 saturated heterocycles. The molecule has 0 radical (unpaired) electrons. The summed E-state index contributed by atoms with van der Waals surface area (Å²) < 4.78 is 1.70. The SMILES string of the molecule is CC(C)n1nccc1NC(=O)c1ccc2c(c1)C(=O)N(C1CC1)C2=O. The zero-order valence-electron chi connectivity index (χ0n) is 14.0. The van der Waals surface area contributed by atoms with E-state index in [4.69, 9.17) is 0 Å². The molecule has 1 aliphatic heterocycles. The van der Waals surface area contributed by atoms with Crippen molar-refractivity contribution in [1.29, 1.82) is 0 Å². The van der Waals surface area contributed by atoms with E-state index < -0.39 is 0 Å². The number of carbonyl (C=O) groups excluding carboxylic acids is 3. The van der Waals surface area contributed by atoms with Gasteiger partial charge < -0.3 is 5.32 Å². The summed E-state index contributed by atoms with van der Waals surface area (Å²) in [7, 11) is 0. The first-order valence-corrected chi connectivity index (χ1v) is 8.34. The summed E-state index contributed by atoms with van der Waals surface area (Å²) in [6.45, 7) is 3.93. The van der Waals surface area contributed by atoms with Gasteiger partial charge in [-0.3, -0.25) is 19.3 Å². The van der Waals surface area contributed by atoms with Crippen LogP contribution in [0.4, 0.5) is 5.82 Å². The molecule has 0 spiro atoms. The quantitative estimate of drug-likeness (QED) is 0.868. The largest absolute Gasteiger partial charge is 0.307 e. The lowest BCUT2D eigenvalue weighted by molar-refractivity contribution is 0.0642. The van der Waals surface area contributed by atoms with Crippen LogP contribution in [0.15, 0.2) is 30.5 Å². The summed E-state index contributed by atoms with van der Waals surface area (Å²) in [6, 6.07) is 6.48. The highest BCUT2D eigenvalue weighted by Crippen LogP contribution is 2.35. The number of hydrogen-bond acceptors (Lipinski definition) is 4. The van der Waals surface area contributed by atoms with E-state index in [0.717, 1.165) is 12.8 Å². The van der Waals surface area contributed by atoms with Gasteiger partial charge in [0.2, 0.25) is 0 Å². The fourth-order valence-corrected chi connectivity index (χ4v) is 3.08. The monoisotopic (exact) mass is 338 g/mol. The second kappa shape index (κ2) is 5.54. The lowest BCUT2D eigenvalue weighted by Gasteiger charge is -2.12. The molecular weight excluding hydrogens is 320 g/mol. The number of nitrogens with zero attached hydrogens (tertiary/aromatic N) is 3. The molecule has 1 aromatic carbocycles. The molecule has 0 atom stereocenters. The van der Waals surface area contributed by atoms with Gasteiger partial charge in [0.15, 0.2) is 0 Å². The molecule has 1 fully saturated rings. The third-order valence-electron chi connectivity index (χ3n) is 4.49. The second-order valence-corrected chi connectivity index (χ2v) is 6.68. The van der Waals surface area contributed by atoms with Gasteiger partial charge in [-0.05, 0) is 44.9 Å². The van der Waals surface area contributed by atoms with Crippen LogP contribution in [0.25, 0.3) is 0 Å². The minimum Gasteiger partial charge on any atom is -0.307 e. The van der Waals surface area contributed by atoms with Crippen LogP contribution in [0.5, 0.6) is 0 Å². The van der Waals surface area contributed by atoms with Crippen molar-refractivity contribution in [1.82, 2.24) is 14.7 Å². The molecule has 7 heteroatoms. The van der Waals surface area contributed by atoms with Crippen molar-refractivity contribution in [3.05, 3.63) is 47.2 Å². The van der Waals surface area contributed by atoms with Gasteiger partial charge in [-0.2, -0.15) is 5.10 Å². The lowest BCUT2D eigenvalue weighted by Crippen LogP contribution is -2.31. The smallest absolute Gasteiger partial charge is 0.261 e. The first-order chi connectivity index (χ1) is 12.0. The number of hydrogen-bond donors (Lipinski definition) is 1. The molecule has 3 amide bonds. The highest BCUT2D eigenvalue weighted by molar-refractivity contribution is 6.22. The fourth-order valence-electron chi connectivity index (χ4n) is 3.08. The minimum atomic E-state index is -0.338. The molecule has 0 bridgehead atoms. The topological polar surface area (TPSA) is 84.3 Å². The van der Waals surface area contributed by atoms with Gasteiger partial charge in [-0.25, -0.2) is 4.68 Å². The Morgan fingerprint density at radius 1 is 1.16 bits per heavy atom. The molecule has 7 nitrogen and oxygen atoms in total. The summed E-state index contributed by atoms with van der Waals surface area (Å²) >= 11 is 0. The lowest BCUT2D eigenvalue weighted by atomic mass is 10.1. The highest BCUT2D eigenvalue weighted by atomic mass is 16.2. The van der Waals surface area contributed by atoms with Crippen LogP contribution in [0.2, 0.25) is 0 Å². The Balaban J connectivity index is 1.60. The van der Waals surface area contributed by atoms with Gasteiger partial charge in [0.25, 0.3) is 17.7 Å². The summed E-state index contributed by atoms with van der Waals surface area (Å²) in [5, 5.41) is 6.98. The predicted molar refractivity (Wildman–Crippen MR) is 90.5 cm³/mol. The molecule has 2 heterocycles. The number of fused-ring (bicyclic) bond motifs is 1. The highest BCUT2D eigenvalue weighted by Gasteiger charge is 2.44. The van der Waals surface area contributed by atoms with Crippen LogP contribution >= 0.6 is 0 Å². The van der Waals surface area contributed by atoms with Crippen molar-refractivity contribution in [2.75, 3.05) is 5.32 Å². The van der Waals surface area contributed by atoms with E-state index >= 15 is 0 Å². The van der Waals surface area contributed by atoms with Crippen molar-refractivity contribution in [2.24, 2.45) is 0 Å². The molecule has 2 aliphatic rings. The van der Waals surface area contributed by atoms with E-state index in [-0.39, 0.29) is 29.8 Å². The number of aromatic nitrogens is 2. The standard InChI is InChI=1S/C18H18N4O3/c1-10(2)22-15(7-8-19-22)20-16(23)11-3-6-13-14(9-11)18(25)21(17(13)24)12-4-5-12/h3,6-10,12H,4-5H2,1-2H3,(H,20,23). The number of amides is 3. The van der Waals surface area contributed by atoms with Crippen molar-refractivity contribution in [3.8, 4) is 0 Å². The molecule has 2 aromatic rings. The molecule has 4 rings (SSSR count). The van der Waals surface area contributed by atoms with Crippen molar-refractivity contribution >= 4 is 23.5 Å². The third-order valence-corrected chi connectivity index (χ3v) is 4.49. The van der Waals surface area contributed by atoms with E-state index in [2.05, 4.69) is 10.4 Å². The number of rotatable bonds is 4. The molecule has 1 N–H and O–H groups in total. The Kier molecular flexibility index (Phi) is 3.45. The maximum atomic E-state index is 12.5. The van der Waals surface area contributed by atoms with Crippen LogP contribution in [-0.2, 0) is 0 Å². The number of anilines is 1. The van der Waals surface area contributed by atoms with E-state index in [0.29, 0.717) is 22.5 Å². The van der Waals surface area contributed by atoms with Gasteiger partial charge in [0.05, 0.1) is 17.3 Å². The first-order valence-electron chi connectivity index (χ1n) is 8.34. The maximum Gasteiger partial charge on any atom is 0.261 e. The number of imide groups is 1. The van der Waals surface area contributed by atoms with Gasteiger partial charge in [0, 0.05) is 23.7 Å². The van der Waals surface area contributed by atoms with Crippen LogP contribution in [-0.4, -0.2) is 38.4 Å². The average Bonchev–Trinajstić information content (AvgIpc) is 3.25. The molecule has 1 aromatic heterocycles. The second-order valence-electron chi connectivity index (χ2n) is 6.68. The van der Waals surface area contributed by atoms with Crippen molar-refractivity contribution < 1.29 is 14.4 Å². The fraction of sp³-hybridized carbons (Fsp3) is 0.333. The third kappa shape index (κ3) is 2.52. The van der Waals surface area contributed by atoms with Crippen LogP contribution < -0.4 is 5.32 Å². The number of benzene rings is 1. The molecule has 128 valence electrons. The zero-order valence-corrected chi connectivity index (χ0v) is 14.0. The summed E-state index contributed by atoms with van der Waals surface area (Å²) in [5.74, 6) is -0.311. The van der Waals surface area contributed by atoms with E-state index in [1.54, 1.807) is 29.1 Å². The molecule has 25 heavy (non-hydrogen) atoms. The molecule has 0 unspecified atom stereocenters.